The molecule has 0 aliphatic heterocycles. The first-order chi connectivity index (χ1) is 13.6. The molecule has 2 aromatic carbocycles. The molecule has 0 unspecified atom stereocenters. The lowest BCUT2D eigenvalue weighted by molar-refractivity contribution is 0.123. The zero-order valence-corrected chi connectivity index (χ0v) is 21.0. The molecular formula is C26H38OSi2. The molecule has 0 aliphatic carbocycles. The fraction of sp³-hybridized carbons (Fsp3) is 0.385. The molecule has 156 valence electrons. The Labute approximate surface area is 180 Å². The van der Waals surface area contributed by atoms with E-state index in [0.717, 1.165) is 6.42 Å². The van der Waals surface area contributed by atoms with E-state index in [4.69, 9.17) is 0 Å². The van der Waals surface area contributed by atoms with Crippen molar-refractivity contribution in [2.45, 2.75) is 58.1 Å². The van der Waals surface area contributed by atoms with Gasteiger partial charge in [-0.3, -0.25) is 0 Å². The first-order valence-corrected chi connectivity index (χ1v) is 16.9. The van der Waals surface area contributed by atoms with Gasteiger partial charge in [0.25, 0.3) is 0 Å². The van der Waals surface area contributed by atoms with Crippen LogP contribution in [0.4, 0.5) is 0 Å². The highest BCUT2D eigenvalue weighted by Gasteiger charge is 2.40. The minimum absolute atomic E-state index is 0.135. The predicted octanol–water partition coefficient (Wildman–Crippen LogP) is 5.65. The number of allylic oxidation sites excluding steroid dienone is 1. The first kappa shape index (κ1) is 23.6. The standard InChI is InChI=1S/C26H38OSi2/c1-21(2)25(27)26(29(6,7)24-18-12-9-13-19-24)22(3)15-14-20-28(4,5)23-16-10-8-11-17-23/h8-14,16-21,25-27H,3,15H2,1-2,4-7H3/b20-14-/t25-,26+/m1/s1. The largest absolute Gasteiger partial charge is 0.393 e. The summed E-state index contributed by atoms with van der Waals surface area (Å²) in [5.74, 6) is 0.214. The van der Waals surface area contributed by atoms with Gasteiger partial charge in [0.15, 0.2) is 0 Å². The van der Waals surface area contributed by atoms with Crippen LogP contribution in [0.25, 0.3) is 0 Å². The average molecular weight is 423 g/mol. The van der Waals surface area contributed by atoms with Crippen LogP contribution in [0.3, 0.4) is 0 Å². The number of aliphatic hydroxyl groups excluding tert-OH is 1. The van der Waals surface area contributed by atoms with Crippen molar-refractivity contribution in [1.29, 1.82) is 0 Å². The summed E-state index contributed by atoms with van der Waals surface area (Å²) in [6.45, 7) is 18.2. The van der Waals surface area contributed by atoms with Crippen molar-refractivity contribution in [2.75, 3.05) is 0 Å². The molecular weight excluding hydrogens is 384 g/mol. The highest BCUT2D eigenvalue weighted by molar-refractivity contribution is 6.94. The molecule has 0 aliphatic rings. The first-order valence-electron chi connectivity index (χ1n) is 10.7. The van der Waals surface area contributed by atoms with Gasteiger partial charge in [0.1, 0.15) is 8.07 Å². The second kappa shape index (κ2) is 9.88. The zero-order chi connectivity index (χ0) is 21.7. The molecule has 2 rings (SSSR count). The molecule has 2 aromatic rings. The van der Waals surface area contributed by atoms with Gasteiger partial charge in [0.2, 0.25) is 0 Å². The topological polar surface area (TPSA) is 20.2 Å². The molecule has 0 amide bonds. The predicted molar refractivity (Wildman–Crippen MR) is 135 cm³/mol. The van der Waals surface area contributed by atoms with E-state index in [-0.39, 0.29) is 17.6 Å². The van der Waals surface area contributed by atoms with Gasteiger partial charge in [-0.1, -0.05) is 135 Å². The molecule has 0 fully saturated rings. The van der Waals surface area contributed by atoms with Crippen LogP contribution in [0.5, 0.6) is 0 Å². The molecule has 1 N–H and O–H groups in total. The molecule has 0 spiro atoms. The summed E-state index contributed by atoms with van der Waals surface area (Å²) < 4.78 is 0. The third-order valence-electron chi connectivity index (χ3n) is 6.19. The molecule has 3 heteroatoms. The van der Waals surface area contributed by atoms with Crippen LogP contribution >= 0.6 is 0 Å². The van der Waals surface area contributed by atoms with Crippen molar-refractivity contribution >= 4 is 26.5 Å². The Morgan fingerprint density at radius 3 is 1.86 bits per heavy atom. The Morgan fingerprint density at radius 1 is 0.897 bits per heavy atom. The molecule has 0 aromatic heterocycles. The number of rotatable bonds is 9. The maximum Gasteiger partial charge on any atom is 0.103 e. The summed E-state index contributed by atoms with van der Waals surface area (Å²) in [7, 11) is -3.54. The summed E-state index contributed by atoms with van der Waals surface area (Å²) in [5, 5.41) is 14.0. The summed E-state index contributed by atoms with van der Waals surface area (Å²) in [6.07, 6.45) is 2.77. The minimum atomic E-state index is -1.93. The van der Waals surface area contributed by atoms with Crippen molar-refractivity contribution in [3.63, 3.8) is 0 Å². The second-order valence-electron chi connectivity index (χ2n) is 9.65. The smallest absolute Gasteiger partial charge is 0.103 e. The zero-order valence-electron chi connectivity index (χ0n) is 19.0. The Morgan fingerprint density at radius 2 is 1.38 bits per heavy atom. The van der Waals surface area contributed by atoms with Gasteiger partial charge >= 0.3 is 0 Å². The Hall–Kier alpha value is -1.69. The van der Waals surface area contributed by atoms with Gasteiger partial charge in [-0.15, -0.1) is 0 Å². The Balaban J connectivity index is 2.25. The molecule has 0 heterocycles. The van der Waals surface area contributed by atoms with Gasteiger partial charge in [-0.2, -0.15) is 0 Å². The van der Waals surface area contributed by atoms with Gasteiger partial charge in [0.05, 0.1) is 14.2 Å². The second-order valence-corrected chi connectivity index (χ2v) is 18.6. The van der Waals surface area contributed by atoms with Gasteiger partial charge in [-0.05, 0) is 12.3 Å². The highest BCUT2D eigenvalue weighted by Crippen LogP contribution is 2.37. The van der Waals surface area contributed by atoms with Gasteiger partial charge < -0.3 is 5.11 Å². The van der Waals surface area contributed by atoms with Crippen LogP contribution in [0.15, 0.2) is 84.6 Å². The minimum Gasteiger partial charge on any atom is -0.393 e. The maximum absolute atomic E-state index is 11.1. The van der Waals surface area contributed by atoms with E-state index in [1.807, 2.05) is 0 Å². The maximum atomic E-state index is 11.1. The lowest BCUT2D eigenvalue weighted by atomic mass is 9.97. The number of benzene rings is 2. The molecule has 0 radical (unpaired) electrons. The summed E-state index contributed by atoms with van der Waals surface area (Å²) in [6, 6.07) is 21.5. The van der Waals surface area contributed by atoms with Crippen molar-refractivity contribution in [2.24, 2.45) is 5.92 Å². The van der Waals surface area contributed by atoms with Crippen molar-refractivity contribution < 1.29 is 5.11 Å². The van der Waals surface area contributed by atoms with Crippen LogP contribution in [-0.2, 0) is 0 Å². The van der Waals surface area contributed by atoms with Crippen molar-refractivity contribution in [3.8, 4) is 0 Å². The summed E-state index contributed by atoms with van der Waals surface area (Å²) in [5.41, 5.74) is 3.72. The Kier molecular flexibility index (Phi) is 8.04. The highest BCUT2D eigenvalue weighted by atomic mass is 28.3. The lowest BCUT2D eigenvalue weighted by Crippen LogP contribution is -2.51. The van der Waals surface area contributed by atoms with E-state index in [2.05, 4.69) is 119 Å². The molecule has 2 atom stereocenters. The Bertz CT molecular complexity index is 807. The normalized spacial score (nSPS) is 14.9. The number of aliphatic hydroxyl groups is 1. The average Bonchev–Trinajstić information content (AvgIpc) is 2.69. The van der Waals surface area contributed by atoms with Crippen LogP contribution in [0.1, 0.15) is 20.3 Å². The van der Waals surface area contributed by atoms with Crippen LogP contribution in [-0.4, -0.2) is 27.4 Å². The quantitative estimate of drug-likeness (QED) is 0.409. The summed E-state index contributed by atoms with van der Waals surface area (Å²) >= 11 is 0. The molecule has 0 saturated heterocycles. The fourth-order valence-electron chi connectivity index (χ4n) is 4.21. The van der Waals surface area contributed by atoms with E-state index < -0.39 is 16.1 Å². The summed E-state index contributed by atoms with van der Waals surface area (Å²) in [4.78, 5) is 0. The molecule has 0 saturated carbocycles. The van der Waals surface area contributed by atoms with E-state index in [9.17, 15) is 5.11 Å². The third kappa shape index (κ3) is 5.91. The fourth-order valence-corrected chi connectivity index (χ4v) is 9.95. The van der Waals surface area contributed by atoms with Gasteiger partial charge in [0, 0.05) is 5.54 Å². The van der Waals surface area contributed by atoms with Crippen LogP contribution in [0, 0.1) is 5.92 Å². The van der Waals surface area contributed by atoms with E-state index in [1.54, 1.807) is 0 Å². The molecule has 29 heavy (non-hydrogen) atoms. The number of hydrogen-bond acceptors (Lipinski definition) is 1. The van der Waals surface area contributed by atoms with E-state index in [0.29, 0.717) is 0 Å². The number of hydrogen-bond donors (Lipinski definition) is 1. The third-order valence-corrected chi connectivity index (χ3v) is 13.2. The van der Waals surface area contributed by atoms with Crippen molar-refractivity contribution in [1.82, 2.24) is 0 Å². The van der Waals surface area contributed by atoms with Crippen LogP contribution in [0.2, 0.25) is 31.7 Å². The van der Waals surface area contributed by atoms with Gasteiger partial charge in [-0.25, -0.2) is 0 Å². The van der Waals surface area contributed by atoms with E-state index in [1.165, 1.54) is 15.9 Å². The molecule has 1 nitrogen and oxygen atoms in total. The van der Waals surface area contributed by atoms with E-state index >= 15 is 0 Å². The van der Waals surface area contributed by atoms with Crippen molar-refractivity contribution in [3.05, 3.63) is 84.6 Å². The van der Waals surface area contributed by atoms with Crippen LogP contribution < -0.4 is 10.4 Å². The molecule has 0 bridgehead atoms. The SMILES string of the molecule is C=C(C/C=C\[Si](C)(C)c1ccccc1)[C@@H]([C@H](O)C(C)C)[Si](C)(C)c1ccccc1. The monoisotopic (exact) mass is 422 g/mol. The lowest BCUT2D eigenvalue weighted by Gasteiger charge is -2.39.